The molecule has 0 aromatic carbocycles. The van der Waals surface area contributed by atoms with Crippen LogP contribution >= 0.6 is 11.8 Å². The Kier molecular flexibility index (Phi) is 3.43. The summed E-state index contributed by atoms with van der Waals surface area (Å²) in [6, 6.07) is 4.25. The Labute approximate surface area is 120 Å². The molecule has 6 nitrogen and oxygen atoms in total. The molecule has 2 N–H and O–H groups in total. The van der Waals surface area contributed by atoms with Gasteiger partial charge in [-0.15, -0.1) is 10.2 Å². The van der Waals surface area contributed by atoms with E-state index >= 15 is 0 Å². The maximum atomic E-state index is 11.2. The first-order valence-corrected chi connectivity index (χ1v) is 7.36. The van der Waals surface area contributed by atoms with Crippen molar-refractivity contribution < 1.29 is 4.79 Å². The van der Waals surface area contributed by atoms with Gasteiger partial charge in [-0.25, -0.2) is 0 Å². The summed E-state index contributed by atoms with van der Waals surface area (Å²) in [6.07, 6.45) is 5.71. The molecule has 1 aliphatic rings. The van der Waals surface area contributed by atoms with Crippen LogP contribution in [0.4, 0.5) is 0 Å². The summed E-state index contributed by atoms with van der Waals surface area (Å²) in [5.74, 6) is 0.486. The number of nitrogens with two attached hydrogens (primary N) is 1. The largest absolute Gasteiger partial charge is 0.369 e. The van der Waals surface area contributed by atoms with E-state index in [-0.39, 0.29) is 11.2 Å². The molecule has 0 unspecified atom stereocenters. The second kappa shape index (κ2) is 5.24. The van der Waals surface area contributed by atoms with Crippen molar-refractivity contribution in [3.05, 3.63) is 24.5 Å². The Morgan fingerprint density at radius 2 is 2.10 bits per heavy atom. The van der Waals surface area contributed by atoms with Crippen LogP contribution in [0.3, 0.4) is 0 Å². The van der Waals surface area contributed by atoms with Crippen molar-refractivity contribution >= 4 is 17.7 Å². The lowest BCUT2D eigenvalue weighted by Crippen LogP contribution is -2.23. The monoisotopic (exact) mass is 289 g/mol. The molecule has 2 aromatic heterocycles. The Morgan fingerprint density at radius 1 is 1.40 bits per heavy atom. The quantitative estimate of drug-likeness (QED) is 0.846. The van der Waals surface area contributed by atoms with Crippen molar-refractivity contribution in [1.29, 1.82) is 0 Å². The Bertz CT molecular complexity index is 623. The number of aromatic nitrogens is 4. The maximum Gasteiger partial charge on any atom is 0.230 e. The van der Waals surface area contributed by atoms with Crippen LogP contribution in [0.1, 0.15) is 25.8 Å². The summed E-state index contributed by atoms with van der Waals surface area (Å²) >= 11 is 1.36. The second-order valence-corrected chi connectivity index (χ2v) is 6.11. The van der Waals surface area contributed by atoms with E-state index in [4.69, 9.17) is 5.73 Å². The van der Waals surface area contributed by atoms with Crippen LogP contribution in [-0.4, -0.2) is 30.9 Å². The first-order valence-electron chi connectivity index (χ1n) is 6.48. The number of pyridine rings is 1. The van der Waals surface area contributed by atoms with Gasteiger partial charge in [0.1, 0.15) is 0 Å². The first kappa shape index (κ1) is 13.1. The zero-order valence-corrected chi connectivity index (χ0v) is 11.9. The van der Waals surface area contributed by atoms with E-state index in [1.165, 1.54) is 11.8 Å². The smallest absolute Gasteiger partial charge is 0.230 e. The summed E-state index contributed by atoms with van der Waals surface area (Å²) in [5.41, 5.74) is 6.30. The standard InChI is InChI=1S/C13H15N5OS/c1-8(11(14)19)20-13-17-16-12(18(13)10-2-3-10)9-4-6-15-7-5-9/h4-8,10H,2-3H2,1H3,(H2,14,19)/t8-/m1/s1. The summed E-state index contributed by atoms with van der Waals surface area (Å²) in [7, 11) is 0. The lowest BCUT2D eigenvalue weighted by molar-refractivity contribution is -0.117. The Hall–Kier alpha value is -1.89. The van der Waals surface area contributed by atoms with Gasteiger partial charge in [-0.3, -0.25) is 14.3 Å². The molecule has 1 aliphatic carbocycles. The molecular formula is C13H15N5OS. The molecule has 7 heteroatoms. The van der Waals surface area contributed by atoms with Crippen LogP contribution < -0.4 is 5.73 Å². The molecular weight excluding hydrogens is 274 g/mol. The fourth-order valence-corrected chi connectivity index (χ4v) is 2.80. The normalized spacial score (nSPS) is 16.1. The molecule has 3 rings (SSSR count). The van der Waals surface area contributed by atoms with Crippen molar-refractivity contribution in [2.24, 2.45) is 5.73 Å². The minimum atomic E-state index is -0.342. The molecule has 1 amide bonds. The number of amides is 1. The highest BCUT2D eigenvalue weighted by molar-refractivity contribution is 8.00. The minimum Gasteiger partial charge on any atom is -0.369 e. The van der Waals surface area contributed by atoms with E-state index < -0.39 is 0 Å². The molecule has 2 heterocycles. The van der Waals surface area contributed by atoms with E-state index in [0.29, 0.717) is 6.04 Å². The molecule has 0 bridgehead atoms. The van der Waals surface area contributed by atoms with Crippen molar-refractivity contribution in [2.75, 3.05) is 0 Å². The molecule has 0 saturated heterocycles. The third kappa shape index (κ3) is 2.53. The van der Waals surface area contributed by atoms with Gasteiger partial charge in [-0.05, 0) is 31.9 Å². The number of hydrogen-bond donors (Lipinski definition) is 1. The zero-order valence-electron chi connectivity index (χ0n) is 11.1. The van der Waals surface area contributed by atoms with Crippen LogP contribution in [0, 0.1) is 0 Å². The summed E-state index contributed by atoms with van der Waals surface area (Å²) in [6.45, 7) is 1.78. The van der Waals surface area contributed by atoms with Gasteiger partial charge < -0.3 is 5.73 Å². The summed E-state index contributed by atoms with van der Waals surface area (Å²) in [5, 5.41) is 8.93. The highest BCUT2D eigenvalue weighted by Crippen LogP contribution is 2.41. The molecule has 0 spiro atoms. The van der Waals surface area contributed by atoms with Gasteiger partial charge in [0.25, 0.3) is 0 Å². The van der Waals surface area contributed by atoms with E-state index in [0.717, 1.165) is 29.4 Å². The second-order valence-electron chi connectivity index (χ2n) is 4.81. The van der Waals surface area contributed by atoms with E-state index in [2.05, 4.69) is 19.7 Å². The van der Waals surface area contributed by atoms with Gasteiger partial charge in [0.15, 0.2) is 11.0 Å². The van der Waals surface area contributed by atoms with Gasteiger partial charge >= 0.3 is 0 Å². The predicted molar refractivity (Wildman–Crippen MR) is 76.0 cm³/mol. The molecule has 1 saturated carbocycles. The molecule has 20 heavy (non-hydrogen) atoms. The van der Waals surface area contributed by atoms with Crippen molar-refractivity contribution in [2.45, 2.75) is 36.2 Å². The number of primary amides is 1. The van der Waals surface area contributed by atoms with Gasteiger partial charge in [0.2, 0.25) is 5.91 Å². The number of nitrogens with zero attached hydrogens (tertiary/aromatic N) is 4. The topological polar surface area (TPSA) is 86.7 Å². The van der Waals surface area contributed by atoms with Gasteiger partial charge in [-0.2, -0.15) is 0 Å². The van der Waals surface area contributed by atoms with Crippen molar-refractivity contribution in [3.8, 4) is 11.4 Å². The van der Waals surface area contributed by atoms with Gasteiger partial charge in [0.05, 0.1) is 5.25 Å². The first-order chi connectivity index (χ1) is 9.66. The van der Waals surface area contributed by atoms with Crippen molar-refractivity contribution in [3.63, 3.8) is 0 Å². The molecule has 0 radical (unpaired) electrons. The van der Waals surface area contributed by atoms with Gasteiger partial charge in [-0.1, -0.05) is 11.8 Å². The fourth-order valence-electron chi connectivity index (χ4n) is 1.93. The van der Waals surface area contributed by atoms with Crippen molar-refractivity contribution in [1.82, 2.24) is 19.7 Å². The predicted octanol–water partition coefficient (Wildman–Crippen LogP) is 1.64. The number of carbonyl (C=O) groups is 1. The third-order valence-corrected chi connectivity index (χ3v) is 4.27. The van der Waals surface area contributed by atoms with Crippen LogP contribution in [0.15, 0.2) is 29.7 Å². The minimum absolute atomic E-state index is 0.318. The summed E-state index contributed by atoms with van der Waals surface area (Å²) < 4.78 is 2.11. The van der Waals surface area contributed by atoms with Crippen LogP contribution in [0.5, 0.6) is 0 Å². The zero-order chi connectivity index (χ0) is 14.1. The molecule has 104 valence electrons. The molecule has 2 aromatic rings. The third-order valence-electron chi connectivity index (χ3n) is 3.20. The molecule has 1 fully saturated rings. The Morgan fingerprint density at radius 3 is 2.70 bits per heavy atom. The number of rotatable bonds is 5. The van der Waals surface area contributed by atoms with E-state index in [1.807, 2.05) is 12.1 Å². The number of thioether (sulfide) groups is 1. The highest BCUT2D eigenvalue weighted by atomic mass is 32.2. The summed E-state index contributed by atoms with van der Waals surface area (Å²) in [4.78, 5) is 15.2. The van der Waals surface area contributed by atoms with Crippen LogP contribution in [-0.2, 0) is 4.79 Å². The maximum absolute atomic E-state index is 11.2. The SMILES string of the molecule is C[C@@H](Sc1nnc(-c2ccncc2)n1C1CC1)C(N)=O. The van der Waals surface area contributed by atoms with Crippen LogP contribution in [0.25, 0.3) is 11.4 Å². The van der Waals surface area contributed by atoms with Crippen LogP contribution in [0.2, 0.25) is 0 Å². The lowest BCUT2D eigenvalue weighted by Gasteiger charge is -2.10. The molecule has 1 atom stereocenters. The van der Waals surface area contributed by atoms with Gasteiger partial charge in [0, 0.05) is 24.0 Å². The number of hydrogen-bond acceptors (Lipinski definition) is 5. The average Bonchev–Trinajstić information content (AvgIpc) is 3.21. The van der Waals surface area contributed by atoms with E-state index in [9.17, 15) is 4.79 Å². The van der Waals surface area contributed by atoms with E-state index in [1.54, 1.807) is 19.3 Å². The molecule has 0 aliphatic heterocycles. The fraction of sp³-hybridized carbons (Fsp3) is 0.385. The number of carbonyl (C=O) groups excluding carboxylic acids is 1. The highest BCUT2D eigenvalue weighted by Gasteiger charge is 2.31. The lowest BCUT2D eigenvalue weighted by atomic mass is 10.2. The Balaban J connectivity index is 1.96. The average molecular weight is 289 g/mol.